The molecule has 1 aliphatic rings. The molecule has 0 radical (unpaired) electrons. The van der Waals surface area contributed by atoms with Crippen LogP contribution < -0.4 is 40.2 Å². The van der Waals surface area contributed by atoms with Gasteiger partial charge in [0, 0.05) is 12.8 Å². The standard InChI is InChI=1S/C11H18N2O3.C8H14O5.Na.H/c1-4-6-7(3)11(5-2)8(14)12-10(16)13-9(11)15;9-5-6-13-8(12)4-2-1-3-7(10)11;;/h7H,4-6H2,1-3H3,(H2,12,13,14,15,16);9H,1-6H2,(H,10,11);;/q;;+1;-1. The second-order valence-corrected chi connectivity index (χ2v) is 6.80. The summed E-state index contributed by atoms with van der Waals surface area (Å²) < 4.78 is 4.56. The molecule has 4 amide bonds. The molecule has 0 bridgehead atoms. The number of hydrogen-bond acceptors (Lipinski definition) is 7. The number of carboxylic acids is 1. The Kier molecular flexibility index (Phi) is 16.6. The van der Waals surface area contributed by atoms with Crippen LogP contribution >= 0.6 is 0 Å². The normalized spacial score (nSPS) is 15.5. The predicted molar refractivity (Wildman–Crippen MR) is 104 cm³/mol. The van der Waals surface area contributed by atoms with Gasteiger partial charge in [-0.3, -0.25) is 29.8 Å². The number of amides is 4. The number of aliphatic hydroxyl groups excluding tert-OH is 1. The third kappa shape index (κ3) is 10.0. The molecule has 0 saturated carbocycles. The van der Waals surface area contributed by atoms with Crippen molar-refractivity contribution in [2.75, 3.05) is 13.2 Å². The molecule has 11 heteroatoms. The fraction of sp³-hybridized carbons (Fsp3) is 0.737. The van der Waals surface area contributed by atoms with E-state index in [1.807, 2.05) is 13.8 Å². The van der Waals surface area contributed by atoms with E-state index < -0.39 is 29.2 Å². The molecule has 0 spiro atoms. The van der Waals surface area contributed by atoms with Crippen molar-refractivity contribution in [2.24, 2.45) is 11.3 Å². The molecule has 1 fully saturated rings. The number of carboxylic acid groups (broad SMARTS) is 1. The maximum absolute atomic E-state index is 11.9. The van der Waals surface area contributed by atoms with Gasteiger partial charge in [-0.05, 0) is 31.6 Å². The van der Waals surface area contributed by atoms with Gasteiger partial charge in [-0.2, -0.15) is 0 Å². The zero-order valence-electron chi connectivity index (χ0n) is 19.3. The SMILES string of the molecule is CCCC(C)C1(CC)C(=O)NC(=O)NC1=O.O=C(O)CCCCC(=O)OCCO.[H-].[Na+]. The molecule has 0 aliphatic carbocycles. The first-order chi connectivity index (χ1) is 13.6. The minimum Gasteiger partial charge on any atom is -1.00 e. The summed E-state index contributed by atoms with van der Waals surface area (Å²) in [6.45, 7) is 5.51. The van der Waals surface area contributed by atoms with E-state index in [0.29, 0.717) is 19.3 Å². The van der Waals surface area contributed by atoms with E-state index in [-0.39, 0.29) is 68.9 Å². The van der Waals surface area contributed by atoms with Gasteiger partial charge < -0.3 is 16.4 Å². The summed E-state index contributed by atoms with van der Waals surface area (Å²) in [4.78, 5) is 55.6. The van der Waals surface area contributed by atoms with Gasteiger partial charge in [-0.25, -0.2) is 4.79 Å². The first-order valence-electron chi connectivity index (χ1n) is 9.80. The Balaban J connectivity index is -0.000000485. The average molecular weight is 440 g/mol. The number of nitrogens with one attached hydrogen (secondary N) is 2. The van der Waals surface area contributed by atoms with Crippen LogP contribution in [-0.4, -0.2) is 53.2 Å². The van der Waals surface area contributed by atoms with Gasteiger partial charge in [0.2, 0.25) is 11.8 Å². The summed E-state index contributed by atoms with van der Waals surface area (Å²) in [6.07, 6.45) is 3.36. The van der Waals surface area contributed by atoms with Gasteiger partial charge in [0.25, 0.3) is 0 Å². The summed E-state index contributed by atoms with van der Waals surface area (Å²) >= 11 is 0. The van der Waals surface area contributed by atoms with Crippen LogP contribution in [0.25, 0.3) is 0 Å². The minimum absolute atomic E-state index is 0. The Morgan fingerprint density at radius 1 is 1.10 bits per heavy atom. The van der Waals surface area contributed by atoms with E-state index in [1.165, 1.54) is 0 Å². The molecule has 1 atom stereocenters. The van der Waals surface area contributed by atoms with Crippen molar-refractivity contribution in [1.29, 1.82) is 0 Å². The van der Waals surface area contributed by atoms with Crippen LogP contribution in [0.1, 0.15) is 67.1 Å². The summed E-state index contributed by atoms with van der Waals surface area (Å²) in [5.74, 6) is -2.26. The van der Waals surface area contributed by atoms with E-state index in [4.69, 9.17) is 10.2 Å². The minimum atomic E-state index is -1.09. The van der Waals surface area contributed by atoms with Gasteiger partial charge in [0.15, 0.2) is 0 Å². The monoisotopic (exact) mass is 440 g/mol. The van der Waals surface area contributed by atoms with E-state index in [1.54, 1.807) is 6.92 Å². The van der Waals surface area contributed by atoms with Gasteiger partial charge in [-0.15, -0.1) is 0 Å². The number of barbiturate groups is 1. The first-order valence-corrected chi connectivity index (χ1v) is 9.80. The molecule has 168 valence electrons. The summed E-state index contributed by atoms with van der Waals surface area (Å²) in [6, 6.07) is -0.720. The Bertz CT molecular complexity index is 583. The Hall–Kier alpha value is -1.49. The first kappa shape index (κ1) is 30.7. The number of urea groups is 1. The second-order valence-electron chi connectivity index (χ2n) is 6.80. The molecule has 1 aliphatic heterocycles. The molecule has 30 heavy (non-hydrogen) atoms. The molecule has 1 heterocycles. The van der Waals surface area contributed by atoms with Crippen molar-refractivity contribution in [3.05, 3.63) is 0 Å². The quantitative estimate of drug-likeness (QED) is 0.130. The average Bonchev–Trinajstić information content (AvgIpc) is 2.64. The molecular weight excluding hydrogens is 407 g/mol. The Morgan fingerprint density at radius 3 is 2.07 bits per heavy atom. The van der Waals surface area contributed by atoms with Crippen molar-refractivity contribution >= 4 is 29.8 Å². The van der Waals surface area contributed by atoms with Crippen LogP contribution in [-0.2, 0) is 23.9 Å². The third-order valence-electron chi connectivity index (χ3n) is 4.76. The maximum Gasteiger partial charge on any atom is 1.00 e. The van der Waals surface area contributed by atoms with E-state index in [9.17, 15) is 24.0 Å². The fourth-order valence-electron chi connectivity index (χ4n) is 3.14. The number of carbonyl (C=O) groups is 5. The number of ether oxygens (including phenoxy) is 1. The number of rotatable bonds is 11. The molecule has 4 N–H and O–H groups in total. The number of carbonyl (C=O) groups excluding carboxylic acids is 4. The van der Waals surface area contributed by atoms with Crippen molar-refractivity contribution in [2.45, 2.75) is 65.7 Å². The van der Waals surface area contributed by atoms with Crippen LogP contribution in [0.3, 0.4) is 0 Å². The molecule has 1 saturated heterocycles. The predicted octanol–water partition coefficient (Wildman–Crippen LogP) is -1.53. The number of aliphatic carboxylic acids is 1. The Morgan fingerprint density at radius 2 is 1.63 bits per heavy atom. The van der Waals surface area contributed by atoms with Crippen molar-refractivity contribution in [1.82, 2.24) is 10.6 Å². The van der Waals surface area contributed by atoms with Crippen molar-refractivity contribution in [3.8, 4) is 0 Å². The smallest absolute Gasteiger partial charge is 1.00 e. The van der Waals surface area contributed by atoms with Gasteiger partial charge in [0.05, 0.1) is 6.61 Å². The number of esters is 1. The molecule has 0 aromatic rings. The van der Waals surface area contributed by atoms with Gasteiger partial charge in [-0.1, -0.05) is 27.2 Å². The molecule has 1 rings (SSSR count). The Labute approximate surface area is 200 Å². The van der Waals surface area contributed by atoms with Crippen LogP contribution in [0.4, 0.5) is 4.79 Å². The fourth-order valence-corrected chi connectivity index (χ4v) is 3.14. The topological polar surface area (TPSA) is 159 Å². The zero-order valence-corrected chi connectivity index (χ0v) is 20.3. The maximum atomic E-state index is 11.9. The number of hydrogen-bond donors (Lipinski definition) is 4. The van der Waals surface area contributed by atoms with Crippen LogP contribution in [0.2, 0.25) is 0 Å². The molecule has 0 aromatic heterocycles. The summed E-state index contributed by atoms with van der Waals surface area (Å²) in [5.41, 5.74) is -1.09. The molecule has 1 unspecified atom stereocenters. The van der Waals surface area contributed by atoms with Gasteiger partial charge in [0.1, 0.15) is 12.0 Å². The van der Waals surface area contributed by atoms with Crippen molar-refractivity contribution < 1.29 is 69.9 Å². The molecular formula is C19H33N2NaO8. The van der Waals surface area contributed by atoms with Crippen LogP contribution in [0.5, 0.6) is 0 Å². The third-order valence-corrected chi connectivity index (χ3v) is 4.76. The number of aliphatic hydroxyl groups is 1. The second kappa shape index (κ2) is 16.2. The number of unbranched alkanes of at least 4 members (excludes halogenated alkanes) is 1. The van der Waals surface area contributed by atoms with E-state index >= 15 is 0 Å². The van der Waals surface area contributed by atoms with E-state index in [0.717, 1.165) is 12.8 Å². The summed E-state index contributed by atoms with van der Waals surface area (Å²) in [7, 11) is 0. The van der Waals surface area contributed by atoms with Crippen molar-refractivity contribution in [3.63, 3.8) is 0 Å². The van der Waals surface area contributed by atoms with E-state index in [2.05, 4.69) is 15.4 Å². The van der Waals surface area contributed by atoms with Crippen LogP contribution in [0.15, 0.2) is 0 Å². The molecule has 10 nitrogen and oxygen atoms in total. The van der Waals surface area contributed by atoms with Crippen LogP contribution in [0, 0.1) is 11.3 Å². The van der Waals surface area contributed by atoms with Gasteiger partial charge >= 0.3 is 47.5 Å². The zero-order chi connectivity index (χ0) is 22.4. The molecule has 0 aromatic carbocycles. The largest absolute Gasteiger partial charge is 1.00 e. The summed E-state index contributed by atoms with van der Waals surface area (Å²) in [5, 5.41) is 20.9. The number of imide groups is 2.